The van der Waals surface area contributed by atoms with Crippen LogP contribution in [-0.4, -0.2) is 6.04 Å². The summed E-state index contributed by atoms with van der Waals surface area (Å²) in [6.07, 6.45) is 5.35. The van der Waals surface area contributed by atoms with Crippen LogP contribution in [0.5, 0.6) is 0 Å². The van der Waals surface area contributed by atoms with Gasteiger partial charge in [0.05, 0.1) is 0 Å². The minimum Gasteiger partial charge on any atom is -0.271 e. The van der Waals surface area contributed by atoms with E-state index in [9.17, 15) is 0 Å². The van der Waals surface area contributed by atoms with E-state index in [-0.39, 0.29) is 0 Å². The van der Waals surface area contributed by atoms with Crippen LogP contribution in [0.15, 0.2) is 22.7 Å². The summed E-state index contributed by atoms with van der Waals surface area (Å²) in [5.74, 6) is 10.5. The van der Waals surface area contributed by atoms with Crippen molar-refractivity contribution in [3.8, 4) is 0 Å². The van der Waals surface area contributed by atoms with Crippen molar-refractivity contribution in [2.45, 2.75) is 31.7 Å². The molecule has 0 amide bonds. The number of benzene rings is 1. The molecule has 4 heteroatoms. The van der Waals surface area contributed by atoms with Crippen LogP contribution in [0.1, 0.15) is 24.8 Å². The summed E-state index contributed by atoms with van der Waals surface area (Å²) in [6, 6.07) is 6.53. The Kier molecular flexibility index (Phi) is 3.38. The van der Waals surface area contributed by atoms with Crippen molar-refractivity contribution in [1.82, 2.24) is 5.43 Å². The lowest BCUT2D eigenvalue weighted by molar-refractivity contribution is 0.365. The Morgan fingerprint density at radius 1 is 1.30 bits per heavy atom. The molecule has 20 heavy (non-hydrogen) atoms. The van der Waals surface area contributed by atoms with Gasteiger partial charge in [0.25, 0.3) is 0 Å². The number of halogens is 2. The molecular formula is C16H20BrClN2. The molecule has 0 aliphatic heterocycles. The molecule has 3 aliphatic carbocycles. The lowest BCUT2D eigenvalue weighted by Gasteiger charge is -2.20. The topological polar surface area (TPSA) is 38.0 Å². The second kappa shape index (κ2) is 4.98. The first-order valence-corrected chi connectivity index (χ1v) is 8.76. The highest BCUT2D eigenvalue weighted by atomic mass is 79.9. The normalized spacial score (nSPS) is 38.9. The van der Waals surface area contributed by atoms with E-state index in [1.165, 1.54) is 24.8 Å². The van der Waals surface area contributed by atoms with Gasteiger partial charge >= 0.3 is 0 Å². The lowest BCUT2D eigenvalue weighted by atomic mass is 9.94. The quantitative estimate of drug-likeness (QED) is 0.637. The van der Waals surface area contributed by atoms with Crippen molar-refractivity contribution >= 4 is 27.5 Å². The van der Waals surface area contributed by atoms with E-state index in [1.54, 1.807) is 0 Å². The highest BCUT2D eigenvalue weighted by molar-refractivity contribution is 9.10. The van der Waals surface area contributed by atoms with Crippen molar-refractivity contribution < 1.29 is 0 Å². The van der Waals surface area contributed by atoms with E-state index in [4.69, 9.17) is 17.4 Å². The van der Waals surface area contributed by atoms with Gasteiger partial charge in [-0.3, -0.25) is 11.3 Å². The maximum absolute atomic E-state index is 6.35. The van der Waals surface area contributed by atoms with Gasteiger partial charge in [-0.15, -0.1) is 0 Å². The number of nitrogens with two attached hydrogens (primary N) is 1. The van der Waals surface area contributed by atoms with Gasteiger partial charge < -0.3 is 0 Å². The van der Waals surface area contributed by atoms with Crippen molar-refractivity contribution in [2.75, 3.05) is 0 Å². The van der Waals surface area contributed by atoms with Crippen LogP contribution in [-0.2, 0) is 6.42 Å². The third-order valence-electron chi connectivity index (χ3n) is 5.93. The third kappa shape index (κ3) is 2.06. The fourth-order valence-electron chi connectivity index (χ4n) is 5.16. The van der Waals surface area contributed by atoms with Crippen LogP contribution in [0, 0.1) is 29.6 Å². The van der Waals surface area contributed by atoms with Gasteiger partial charge in [-0.05, 0) is 73.0 Å². The number of nitrogens with one attached hydrogen (secondary N) is 1. The van der Waals surface area contributed by atoms with Gasteiger partial charge in [-0.25, -0.2) is 0 Å². The van der Waals surface area contributed by atoms with Crippen LogP contribution in [0.2, 0.25) is 5.02 Å². The summed E-state index contributed by atoms with van der Waals surface area (Å²) < 4.78 is 1.03. The first kappa shape index (κ1) is 13.6. The van der Waals surface area contributed by atoms with Crippen molar-refractivity contribution in [3.63, 3.8) is 0 Å². The summed E-state index contributed by atoms with van der Waals surface area (Å²) in [7, 11) is 0. The molecule has 0 spiro atoms. The van der Waals surface area contributed by atoms with Gasteiger partial charge in [0, 0.05) is 15.5 Å². The zero-order valence-electron chi connectivity index (χ0n) is 11.4. The predicted molar refractivity (Wildman–Crippen MR) is 85.3 cm³/mol. The summed E-state index contributed by atoms with van der Waals surface area (Å²) >= 11 is 9.81. The van der Waals surface area contributed by atoms with Crippen molar-refractivity contribution in [2.24, 2.45) is 35.4 Å². The standard InChI is InChI=1S/C16H20BrClN2/c17-11-4-3-8(12(18)7-11)6-13(20-19)16-14-9-1-2-10(5-9)15(14)16/h3-4,7,9-10,13-16,20H,1-2,5-6,19H2. The molecule has 0 saturated heterocycles. The van der Waals surface area contributed by atoms with E-state index in [2.05, 4.69) is 33.5 Å². The zero-order chi connectivity index (χ0) is 13.9. The van der Waals surface area contributed by atoms with Gasteiger partial charge in [-0.2, -0.15) is 0 Å². The minimum absolute atomic E-state index is 0.382. The monoisotopic (exact) mass is 354 g/mol. The van der Waals surface area contributed by atoms with Gasteiger partial charge in [0.1, 0.15) is 0 Å². The number of fused-ring (bicyclic) bond motifs is 5. The van der Waals surface area contributed by atoms with Crippen LogP contribution < -0.4 is 11.3 Å². The molecule has 5 atom stereocenters. The Bertz CT molecular complexity index is 519. The van der Waals surface area contributed by atoms with Gasteiger partial charge in [-0.1, -0.05) is 33.6 Å². The molecule has 5 unspecified atom stereocenters. The fraction of sp³-hybridized carbons (Fsp3) is 0.625. The van der Waals surface area contributed by atoms with E-state index >= 15 is 0 Å². The number of rotatable bonds is 4. The molecule has 3 fully saturated rings. The molecule has 108 valence electrons. The van der Waals surface area contributed by atoms with E-state index in [1.807, 2.05) is 6.07 Å². The average Bonchev–Trinajstić information content (AvgIpc) is 2.86. The third-order valence-corrected chi connectivity index (χ3v) is 6.77. The minimum atomic E-state index is 0.382. The largest absolute Gasteiger partial charge is 0.271 e. The summed E-state index contributed by atoms with van der Waals surface area (Å²) in [6.45, 7) is 0. The molecule has 2 nitrogen and oxygen atoms in total. The molecular weight excluding hydrogens is 336 g/mol. The van der Waals surface area contributed by atoms with Crippen LogP contribution in [0.3, 0.4) is 0 Å². The summed E-state index contributed by atoms with van der Waals surface area (Å²) in [5, 5.41) is 0.841. The van der Waals surface area contributed by atoms with E-state index in [0.717, 1.165) is 45.5 Å². The molecule has 3 saturated carbocycles. The van der Waals surface area contributed by atoms with Gasteiger partial charge in [0.2, 0.25) is 0 Å². The molecule has 0 heterocycles. The summed E-state index contributed by atoms with van der Waals surface area (Å²) in [5.41, 5.74) is 4.29. The number of hydrazine groups is 1. The lowest BCUT2D eigenvalue weighted by Crippen LogP contribution is -2.40. The second-order valence-corrected chi connectivity index (χ2v) is 8.10. The molecule has 3 aliphatic rings. The predicted octanol–water partition coefficient (Wildman–Crippen LogP) is 3.77. The van der Waals surface area contributed by atoms with Crippen molar-refractivity contribution in [3.05, 3.63) is 33.3 Å². The highest BCUT2D eigenvalue weighted by Gasteiger charge is 2.66. The molecule has 3 N–H and O–H groups in total. The molecule has 0 aromatic heterocycles. The van der Waals surface area contributed by atoms with Crippen LogP contribution >= 0.6 is 27.5 Å². The fourth-order valence-corrected chi connectivity index (χ4v) is 5.91. The van der Waals surface area contributed by atoms with Crippen LogP contribution in [0.25, 0.3) is 0 Å². The first-order valence-electron chi connectivity index (χ1n) is 7.59. The molecule has 4 rings (SSSR count). The molecule has 1 aromatic carbocycles. The smallest absolute Gasteiger partial charge is 0.0449 e. The first-order chi connectivity index (χ1) is 9.69. The number of hydrogen-bond acceptors (Lipinski definition) is 2. The maximum Gasteiger partial charge on any atom is 0.0449 e. The molecule has 2 bridgehead atoms. The van der Waals surface area contributed by atoms with E-state index in [0.29, 0.717) is 6.04 Å². The number of hydrogen-bond donors (Lipinski definition) is 2. The molecule has 1 aromatic rings. The molecule has 0 radical (unpaired) electrons. The Labute approximate surface area is 133 Å². The van der Waals surface area contributed by atoms with E-state index < -0.39 is 0 Å². The Balaban J connectivity index is 1.50. The average molecular weight is 356 g/mol. The zero-order valence-corrected chi connectivity index (χ0v) is 13.7. The highest BCUT2D eigenvalue weighted by Crippen LogP contribution is 2.70. The van der Waals surface area contributed by atoms with Crippen LogP contribution in [0.4, 0.5) is 0 Å². The maximum atomic E-state index is 6.35. The second-order valence-electron chi connectivity index (χ2n) is 6.78. The summed E-state index contributed by atoms with van der Waals surface area (Å²) in [4.78, 5) is 0. The van der Waals surface area contributed by atoms with Crippen molar-refractivity contribution in [1.29, 1.82) is 0 Å². The van der Waals surface area contributed by atoms with Gasteiger partial charge in [0.15, 0.2) is 0 Å². The Hall–Kier alpha value is -0.0900. The Morgan fingerprint density at radius 2 is 2.00 bits per heavy atom. The SMILES string of the molecule is NNC(Cc1ccc(Br)cc1Cl)C1C2C3CCC(C3)C21. The Morgan fingerprint density at radius 3 is 2.60 bits per heavy atom.